The monoisotopic (exact) mass is 496 g/mol. The van der Waals surface area contributed by atoms with Crippen LogP contribution in [0.3, 0.4) is 0 Å². The Hall–Kier alpha value is -3.11. The van der Waals surface area contributed by atoms with Gasteiger partial charge in [-0.1, -0.05) is 19.6 Å². The molecule has 0 unspecified atom stereocenters. The van der Waals surface area contributed by atoms with Crippen molar-refractivity contribution < 1.29 is 4.39 Å². The van der Waals surface area contributed by atoms with Crippen molar-refractivity contribution in [2.45, 2.75) is 33.1 Å². The van der Waals surface area contributed by atoms with Gasteiger partial charge in [0.1, 0.15) is 29.3 Å². The molecule has 2 aromatic heterocycles. The quantitative estimate of drug-likeness (QED) is 0.615. The van der Waals surface area contributed by atoms with Crippen LogP contribution in [0, 0.1) is 40.4 Å². The van der Waals surface area contributed by atoms with Gasteiger partial charge in [0.15, 0.2) is 0 Å². The lowest BCUT2D eigenvalue weighted by Gasteiger charge is -2.29. The third-order valence-electron chi connectivity index (χ3n) is 6.27. The van der Waals surface area contributed by atoms with Crippen molar-refractivity contribution in [3.63, 3.8) is 0 Å². The van der Waals surface area contributed by atoms with E-state index in [9.17, 15) is 4.39 Å². The summed E-state index contributed by atoms with van der Waals surface area (Å²) >= 11 is 0. The number of aromatic nitrogens is 2. The summed E-state index contributed by atoms with van der Waals surface area (Å²) in [7, 11) is 4.34. The Kier molecular flexibility index (Phi) is 14.9. The molecule has 2 aliphatic heterocycles. The molecule has 3 N–H and O–H groups in total. The van der Waals surface area contributed by atoms with E-state index in [0.717, 1.165) is 30.7 Å². The number of halogens is 1. The van der Waals surface area contributed by atoms with Crippen LogP contribution >= 0.6 is 0 Å². The zero-order chi connectivity index (χ0) is 25.5. The molecule has 0 aromatic carbocycles. The molecule has 196 valence electrons. The second kappa shape index (κ2) is 17.3. The number of nitrogens with two attached hydrogens (primary N) is 1. The molecule has 0 bridgehead atoms. The average Bonchev–Trinajstić information content (AvgIpc) is 2.89. The fourth-order valence-electron chi connectivity index (χ4n) is 3.88. The van der Waals surface area contributed by atoms with E-state index in [4.69, 9.17) is 16.3 Å². The van der Waals surface area contributed by atoms with Crippen LogP contribution in [-0.4, -0.2) is 73.1 Å². The van der Waals surface area contributed by atoms with Gasteiger partial charge in [-0.3, -0.25) is 0 Å². The highest BCUT2D eigenvalue weighted by Gasteiger charge is 2.16. The van der Waals surface area contributed by atoms with Crippen molar-refractivity contribution in [1.29, 1.82) is 10.5 Å². The molecule has 0 radical (unpaired) electrons. The molecule has 9 heteroatoms. The largest absolute Gasteiger partial charge is 0.370 e. The predicted molar refractivity (Wildman–Crippen MR) is 143 cm³/mol. The molecule has 2 aromatic rings. The van der Waals surface area contributed by atoms with Crippen LogP contribution in [0.2, 0.25) is 0 Å². The minimum absolute atomic E-state index is 0. The van der Waals surface area contributed by atoms with E-state index >= 15 is 0 Å². The zero-order valence-corrected chi connectivity index (χ0v) is 20.8. The fourth-order valence-corrected chi connectivity index (χ4v) is 3.88. The van der Waals surface area contributed by atoms with E-state index < -0.39 is 5.95 Å². The minimum Gasteiger partial charge on any atom is -0.370 e. The van der Waals surface area contributed by atoms with Gasteiger partial charge in [0.05, 0.1) is 0 Å². The number of pyridine rings is 2. The summed E-state index contributed by atoms with van der Waals surface area (Å²) in [6, 6.07) is 13.4. The molecule has 8 nitrogen and oxygen atoms in total. The number of nitrogens with zero attached hydrogens (tertiary/aromatic N) is 6. The number of nitriles is 2. The second-order valence-corrected chi connectivity index (χ2v) is 9.09. The fraction of sp³-hybridized carbons (Fsp3) is 0.556. The molecule has 4 rings (SSSR count). The van der Waals surface area contributed by atoms with Crippen LogP contribution in [0.15, 0.2) is 36.4 Å². The highest BCUT2D eigenvalue weighted by molar-refractivity contribution is 5.38. The zero-order valence-electron chi connectivity index (χ0n) is 20.8. The molecular weight excluding hydrogens is 455 g/mol. The van der Waals surface area contributed by atoms with Crippen molar-refractivity contribution >= 4 is 5.82 Å². The number of likely N-dealkylation sites (tertiary alicyclic amines) is 2. The lowest BCUT2D eigenvalue weighted by molar-refractivity contribution is 0.223. The molecule has 0 spiro atoms. The highest BCUT2D eigenvalue weighted by Crippen LogP contribution is 2.16. The van der Waals surface area contributed by atoms with Gasteiger partial charge in [0.25, 0.3) is 0 Å². The van der Waals surface area contributed by atoms with Crippen LogP contribution in [0.1, 0.15) is 44.5 Å². The summed E-state index contributed by atoms with van der Waals surface area (Å²) in [5.74, 6) is 1.72. The lowest BCUT2D eigenvalue weighted by atomic mass is 9.97. The van der Waals surface area contributed by atoms with Gasteiger partial charge < -0.3 is 20.9 Å². The Balaban J connectivity index is 0.000000291. The number of piperidine rings is 2. The molecule has 0 atom stereocenters. The molecule has 2 fully saturated rings. The number of nitrogens with one attached hydrogen (secondary N) is 1. The second-order valence-electron chi connectivity index (χ2n) is 9.09. The van der Waals surface area contributed by atoms with Gasteiger partial charge in [-0.05, 0) is 109 Å². The first-order chi connectivity index (χ1) is 16.9. The Morgan fingerprint density at radius 1 is 0.889 bits per heavy atom. The first-order valence-electron chi connectivity index (χ1n) is 12.1. The summed E-state index contributed by atoms with van der Waals surface area (Å²) in [5, 5.41) is 20.3. The van der Waals surface area contributed by atoms with Crippen molar-refractivity contribution in [3.8, 4) is 12.1 Å². The summed E-state index contributed by atoms with van der Waals surface area (Å²) in [6.45, 7) is 6.67. The number of hydrogen-bond acceptors (Lipinski definition) is 8. The van der Waals surface area contributed by atoms with Crippen LogP contribution in [0.5, 0.6) is 0 Å². The van der Waals surface area contributed by atoms with E-state index in [1.165, 1.54) is 70.1 Å². The Morgan fingerprint density at radius 3 is 1.86 bits per heavy atom. The first-order valence-corrected chi connectivity index (χ1v) is 12.1. The Bertz CT molecular complexity index is 955. The van der Waals surface area contributed by atoms with E-state index in [2.05, 4.69) is 45.2 Å². The molecule has 0 saturated carbocycles. The van der Waals surface area contributed by atoms with Gasteiger partial charge in [-0.2, -0.15) is 14.9 Å². The molecule has 2 aliphatic rings. The predicted octanol–water partition coefficient (Wildman–Crippen LogP) is 3.72. The number of rotatable bonds is 4. The van der Waals surface area contributed by atoms with Gasteiger partial charge >= 0.3 is 0 Å². The summed E-state index contributed by atoms with van der Waals surface area (Å²) in [5.41, 5.74) is 6.11. The SMILES string of the molecule is C.CN1CCC(CN)CC1.CN1CCC(CNc2cccc(C#N)n2)CC1.N#Cc1cccc(F)n1. The molecule has 0 amide bonds. The standard InChI is InChI=1S/C13H18N4.C7H16N2.C6H3FN2.CH4/c1-17-7-5-11(6-8-17)10-15-13-4-2-3-12(9-14)16-13;1-9-4-2-7(6-8)3-5-9;7-6-3-1-2-5(4-8)9-6;/h2-4,11H,5-8,10H2,1H3,(H,15,16);7H,2-6,8H2,1H3;1-3H;1H4. The number of hydrogen-bond donors (Lipinski definition) is 2. The highest BCUT2D eigenvalue weighted by atomic mass is 19.1. The summed E-state index contributed by atoms with van der Waals surface area (Å²) in [6.07, 6.45) is 5.07. The molecule has 36 heavy (non-hydrogen) atoms. The summed E-state index contributed by atoms with van der Waals surface area (Å²) in [4.78, 5) is 12.2. The van der Waals surface area contributed by atoms with Crippen molar-refractivity contribution in [2.24, 2.45) is 17.6 Å². The van der Waals surface area contributed by atoms with Gasteiger partial charge in [-0.15, -0.1) is 0 Å². The smallest absolute Gasteiger partial charge is 0.214 e. The van der Waals surface area contributed by atoms with E-state index in [0.29, 0.717) is 5.69 Å². The maximum Gasteiger partial charge on any atom is 0.214 e. The maximum absolute atomic E-state index is 12.1. The van der Waals surface area contributed by atoms with Crippen LogP contribution in [-0.2, 0) is 0 Å². The lowest BCUT2D eigenvalue weighted by Crippen LogP contribution is -2.33. The van der Waals surface area contributed by atoms with Crippen LogP contribution in [0.25, 0.3) is 0 Å². The molecule has 0 aliphatic carbocycles. The van der Waals surface area contributed by atoms with E-state index in [1.807, 2.05) is 12.1 Å². The normalized spacial score (nSPS) is 16.6. The Morgan fingerprint density at radius 2 is 1.39 bits per heavy atom. The van der Waals surface area contributed by atoms with E-state index in [-0.39, 0.29) is 13.1 Å². The average molecular weight is 497 g/mol. The molecular formula is C27H41FN8. The third kappa shape index (κ3) is 12.0. The Labute approximate surface area is 215 Å². The first kappa shape index (κ1) is 30.9. The number of anilines is 1. The molecule has 2 saturated heterocycles. The van der Waals surface area contributed by atoms with Crippen molar-refractivity contribution in [1.82, 2.24) is 19.8 Å². The third-order valence-corrected chi connectivity index (χ3v) is 6.27. The van der Waals surface area contributed by atoms with Crippen molar-refractivity contribution in [2.75, 3.05) is 58.7 Å². The van der Waals surface area contributed by atoms with Gasteiger partial charge in [0, 0.05) is 6.54 Å². The topological polar surface area (TPSA) is 118 Å². The van der Waals surface area contributed by atoms with Gasteiger partial charge in [-0.25, -0.2) is 9.97 Å². The van der Waals surface area contributed by atoms with Crippen LogP contribution < -0.4 is 11.1 Å². The van der Waals surface area contributed by atoms with Crippen molar-refractivity contribution in [3.05, 3.63) is 53.7 Å². The molecule has 4 heterocycles. The van der Waals surface area contributed by atoms with Gasteiger partial charge in [0.2, 0.25) is 5.95 Å². The van der Waals surface area contributed by atoms with Crippen LogP contribution in [0.4, 0.5) is 10.2 Å². The summed E-state index contributed by atoms with van der Waals surface area (Å²) < 4.78 is 12.1. The maximum atomic E-state index is 12.1. The minimum atomic E-state index is -0.617. The van der Waals surface area contributed by atoms with E-state index in [1.54, 1.807) is 12.1 Å².